The molecule has 26 heavy (non-hydrogen) atoms. The molecule has 2 bridgehead atoms. The van der Waals surface area contributed by atoms with E-state index in [4.69, 9.17) is 33.5 Å². The second-order valence-corrected chi connectivity index (χ2v) is 6.16. The Hall–Kier alpha value is -1.30. The maximum atomic E-state index is 12.6. The molecule has 3 heterocycles. The van der Waals surface area contributed by atoms with Crippen molar-refractivity contribution in [2.45, 2.75) is 37.3 Å². The van der Waals surface area contributed by atoms with Gasteiger partial charge < -0.3 is 38.8 Å². The second kappa shape index (κ2) is 8.59. The molecule has 0 aromatic heterocycles. The molecule has 10 nitrogen and oxygen atoms in total. The molecule has 1 amide bonds. The number of fused-ring (bicyclic) bond motifs is 5. The highest BCUT2D eigenvalue weighted by molar-refractivity contribution is 5.87. The number of hydrogen-bond donors (Lipinski definition) is 2. The van der Waals surface area contributed by atoms with Crippen molar-refractivity contribution >= 4 is 11.9 Å². The minimum atomic E-state index is -1.21. The number of amides is 1. The number of aliphatic hydroxyl groups is 1. The first-order valence-corrected chi connectivity index (χ1v) is 8.31. The molecule has 0 aliphatic carbocycles. The van der Waals surface area contributed by atoms with Gasteiger partial charge in [0, 0.05) is 34.8 Å². The average molecular weight is 377 g/mol. The van der Waals surface area contributed by atoms with Crippen LogP contribution in [0.2, 0.25) is 0 Å². The third kappa shape index (κ3) is 3.57. The standard InChI is InChI=1S/C15H23NO8.CH4O/c1-15(21-4)23-11-9-7(13(17)16-5-6-19-2)8(14(18)20-3)10(22-9)12(11)24-15;1-2/h7-12H,5-6H2,1-4H3,(H,16,17);2H,1H3/t7?,8?,9?,10-,11?,12+,15?;/m0./s1. The summed E-state index contributed by atoms with van der Waals surface area (Å²) in [6.45, 7) is 2.37. The van der Waals surface area contributed by atoms with Crippen LogP contribution in [-0.2, 0) is 38.0 Å². The number of rotatable bonds is 6. The molecule has 0 aromatic rings. The number of esters is 1. The molecule has 3 aliphatic heterocycles. The van der Waals surface area contributed by atoms with Crippen molar-refractivity contribution in [1.29, 1.82) is 0 Å². The Balaban J connectivity index is 0.00000117. The van der Waals surface area contributed by atoms with E-state index in [2.05, 4.69) is 5.32 Å². The highest BCUT2D eigenvalue weighted by atomic mass is 16.9. The zero-order chi connectivity index (χ0) is 19.5. The molecule has 0 aromatic carbocycles. The van der Waals surface area contributed by atoms with Crippen molar-refractivity contribution in [2.24, 2.45) is 11.8 Å². The van der Waals surface area contributed by atoms with Crippen LogP contribution in [0.25, 0.3) is 0 Å². The summed E-state index contributed by atoms with van der Waals surface area (Å²) in [5, 5.41) is 9.75. The van der Waals surface area contributed by atoms with Crippen molar-refractivity contribution < 1.29 is 43.1 Å². The minimum Gasteiger partial charge on any atom is -0.469 e. The van der Waals surface area contributed by atoms with Crippen LogP contribution in [0.5, 0.6) is 0 Å². The van der Waals surface area contributed by atoms with Crippen molar-refractivity contribution in [3.63, 3.8) is 0 Å². The van der Waals surface area contributed by atoms with Gasteiger partial charge >= 0.3 is 5.97 Å². The number of hydrogen-bond acceptors (Lipinski definition) is 9. The van der Waals surface area contributed by atoms with E-state index < -0.39 is 48.2 Å². The van der Waals surface area contributed by atoms with Crippen LogP contribution in [0.3, 0.4) is 0 Å². The first-order chi connectivity index (χ1) is 12.5. The lowest BCUT2D eigenvalue weighted by Gasteiger charge is -2.30. The molecule has 3 saturated heterocycles. The normalized spacial score (nSPS) is 39.8. The van der Waals surface area contributed by atoms with E-state index in [0.29, 0.717) is 13.2 Å². The fraction of sp³-hybridized carbons (Fsp3) is 0.875. The number of ether oxygens (including phenoxy) is 6. The molecule has 10 heteroatoms. The summed E-state index contributed by atoms with van der Waals surface area (Å²) in [5.41, 5.74) is 0. The van der Waals surface area contributed by atoms with Crippen LogP contribution in [0.1, 0.15) is 6.92 Å². The number of methoxy groups -OCH3 is 3. The molecule has 150 valence electrons. The molecule has 5 unspecified atom stereocenters. The van der Waals surface area contributed by atoms with Crippen molar-refractivity contribution in [2.75, 3.05) is 41.6 Å². The predicted octanol–water partition coefficient (Wildman–Crippen LogP) is -1.35. The quantitative estimate of drug-likeness (QED) is 0.427. The van der Waals surface area contributed by atoms with Gasteiger partial charge in [0.15, 0.2) is 0 Å². The summed E-state index contributed by atoms with van der Waals surface area (Å²) in [7, 11) is 5.30. The molecule has 3 aliphatic rings. The zero-order valence-corrected chi connectivity index (χ0v) is 15.6. The first kappa shape index (κ1) is 21.0. The van der Waals surface area contributed by atoms with Crippen molar-refractivity contribution in [1.82, 2.24) is 5.32 Å². The number of carbonyl (C=O) groups excluding carboxylic acids is 2. The maximum absolute atomic E-state index is 12.6. The average Bonchev–Trinajstić information content (AvgIpc) is 3.30. The molecular weight excluding hydrogens is 350 g/mol. The van der Waals surface area contributed by atoms with Crippen LogP contribution in [-0.4, -0.2) is 89.0 Å². The molecule has 3 fully saturated rings. The van der Waals surface area contributed by atoms with E-state index in [-0.39, 0.29) is 5.91 Å². The van der Waals surface area contributed by atoms with E-state index in [9.17, 15) is 9.59 Å². The fourth-order valence-corrected chi connectivity index (χ4v) is 3.71. The molecule has 0 spiro atoms. The number of aliphatic hydroxyl groups excluding tert-OH is 1. The van der Waals surface area contributed by atoms with Gasteiger partial charge in [-0.1, -0.05) is 0 Å². The summed E-state index contributed by atoms with van der Waals surface area (Å²) in [6.07, 6.45) is -2.16. The predicted molar refractivity (Wildman–Crippen MR) is 85.8 cm³/mol. The monoisotopic (exact) mass is 377 g/mol. The maximum Gasteiger partial charge on any atom is 0.312 e. The Morgan fingerprint density at radius 3 is 2.12 bits per heavy atom. The Bertz CT molecular complexity index is 516. The Morgan fingerprint density at radius 2 is 1.62 bits per heavy atom. The summed E-state index contributed by atoms with van der Waals surface area (Å²) < 4.78 is 32.4. The lowest BCUT2D eigenvalue weighted by Crippen LogP contribution is -2.53. The smallest absolute Gasteiger partial charge is 0.312 e. The highest BCUT2D eigenvalue weighted by Crippen LogP contribution is 2.51. The SMILES string of the molecule is CO.COCCNC(=O)C1C2O[C@@H](C1C(=O)OC)[C@H]1OC(C)(OC)OC21. The van der Waals surface area contributed by atoms with Gasteiger partial charge in [0.1, 0.15) is 18.3 Å². The lowest BCUT2D eigenvalue weighted by atomic mass is 9.76. The minimum absolute atomic E-state index is 0.289. The molecule has 2 N–H and O–H groups in total. The topological polar surface area (TPSA) is 122 Å². The van der Waals surface area contributed by atoms with Crippen LogP contribution in [0, 0.1) is 11.8 Å². The van der Waals surface area contributed by atoms with Crippen LogP contribution < -0.4 is 5.32 Å². The lowest BCUT2D eigenvalue weighted by molar-refractivity contribution is -0.330. The largest absolute Gasteiger partial charge is 0.469 e. The Morgan fingerprint density at radius 1 is 1.04 bits per heavy atom. The highest BCUT2D eigenvalue weighted by Gasteiger charge is 2.70. The van der Waals surface area contributed by atoms with E-state index >= 15 is 0 Å². The summed E-state index contributed by atoms with van der Waals surface area (Å²) in [5.74, 6) is -3.45. The third-order valence-corrected chi connectivity index (χ3v) is 4.83. The van der Waals surface area contributed by atoms with E-state index in [1.165, 1.54) is 14.2 Å². The van der Waals surface area contributed by atoms with Gasteiger partial charge in [-0.15, -0.1) is 0 Å². The summed E-state index contributed by atoms with van der Waals surface area (Å²) in [6, 6.07) is 0. The van der Waals surface area contributed by atoms with Gasteiger partial charge in [-0.25, -0.2) is 0 Å². The van der Waals surface area contributed by atoms with Crippen molar-refractivity contribution in [3.8, 4) is 0 Å². The molecule has 3 rings (SSSR count). The second-order valence-electron chi connectivity index (χ2n) is 6.16. The van der Waals surface area contributed by atoms with Crippen LogP contribution >= 0.6 is 0 Å². The summed E-state index contributed by atoms with van der Waals surface area (Å²) >= 11 is 0. The van der Waals surface area contributed by atoms with E-state index in [0.717, 1.165) is 7.11 Å². The van der Waals surface area contributed by atoms with Crippen LogP contribution in [0.4, 0.5) is 0 Å². The van der Waals surface area contributed by atoms with Gasteiger partial charge in [-0.3, -0.25) is 9.59 Å². The van der Waals surface area contributed by atoms with Gasteiger partial charge in [0.2, 0.25) is 5.91 Å². The van der Waals surface area contributed by atoms with Crippen molar-refractivity contribution in [3.05, 3.63) is 0 Å². The van der Waals surface area contributed by atoms with Gasteiger partial charge in [0.05, 0.1) is 31.7 Å². The molecule has 0 radical (unpaired) electrons. The Labute approximate surface area is 152 Å². The van der Waals surface area contributed by atoms with Gasteiger partial charge in [-0.2, -0.15) is 0 Å². The fourth-order valence-electron chi connectivity index (χ4n) is 3.71. The molecular formula is C16H27NO9. The van der Waals surface area contributed by atoms with E-state index in [1.54, 1.807) is 14.0 Å². The number of nitrogens with one attached hydrogen (secondary N) is 1. The molecule has 0 saturated carbocycles. The number of carbonyl (C=O) groups is 2. The third-order valence-electron chi connectivity index (χ3n) is 4.83. The molecule has 7 atom stereocenters. The Kier molecular flexibility index (Phi) is 6.94. The zero-order valence-electron chi connectivity index (χ0n) is 15.6. The summed E-state index contributed by atoms with van der Waals surface area (Å²) in [4.78, 5) is 24.8. The van der Waals surface area contributed by atoms with Gasteiger partial charge in [0.25, 0.3) is 5.97 Å². The van der Waals surface area contributed by atoms with E-state index in [1.807, 2.05) is 0 Å². The first-order valence-electron chi connectivity index (χ1n) is 8.31. The van der Waals surface area contributed by atoms with Gasteiger partial charge in [-0.05, 0) is 0 Å². The van der Waals surface area contributed by atoms with Crippen LogP contribution in [0.15, 0.2) is 0 Å².